The van der Waals surface area contributed by atoms with E-state index in [1.807, 2.05) is 19.6 Å². The molecule has 10 N–H and O–H groups in total. The van der Waals surface area contributed by atoms with E-state index in [1.165, 1.54) is 0 Å². The minimum Gasteiger partial charge on any atom is -0.480 e. The van der Waals surface area contributed by atoms with Crippen LogP contribution < -0.4 is 0 Å². The van der Waals surface area contributed by atoms with Crippen molar-refractivity contribution in [2.24, 2.45) is 0 Å². The molecule has 2 aliphatic rings. The summed E-state index contributed by atoms with van der Waals surface area (Å²) in [5.74, 6) is -5.37. The summed E-state index contributed by atoms with van der Waals surface area (Å²) in [6.45, 7) is 6.62. The molecule has 2 heterocycles. The Balaban J connectivity index is 2.38. The first-order valence-corrected chi connectivity index (χ1v) is 28.5. The first-order valence-electron chi connectivity index (χ1n) is 28.5. The molecule has 0 spiro atoms. The van der Waals surface area contributed by atoms with Gasteiger partial charge in [0.25, 0.3) is 0 Å². The molecule has 0 radical (unpaired) electrons. The number of nitrogens with zero attached hydrogens (tertiary/aromatic N) is 10. The van der Waals surface area contributed by atoms with Crippen LogP contribution in [-0.4, -0.2) is 431 Å². The smallest absolute Gasteiger partial charge is 0.407 e. The number of β-amino-alcohol motifs (C(OH)–C–C–N with tert-alkyl or cyclic N) is 2. The number of carboxylic acid groups (broad SMARTS) is 6. The normalized spacial score (nSPS) is 18.1. The molecule has 2 atom stereocenters. The number of rotatable bonds is 43. The van der Waals surface area contributed by atoms with Crippen LogP contribution in [0.25, 0.3) is 0 Å². The lowest BCUT2D eigenvalue weighted by molar-refractivity contribution is -0.140. The van der Waals surface area contributed by atoms with Crippen molar-refractivity contribution < 1.29 is 108 Å². The van der Waals surface area contributed by atoms with Gasteiger partial charge in [-0.1, -0.05) is 0 Å². The van der Waals surface area contributed by atoms with Crippen LogP contribution in [0, 0.1) is 0 Å². The Morgan fingerprint density at radius 3 is 0.795 bits per heavy atom. The lowest BCUT2D eigenvalue weighted by Crippen LogP contribution is -2.51. The zero-order valence-corrected chi connectivity index (χ0v) is 48.4. The zero-order valence-electron chi connectivity index (χ0n) is 48.4. The third-order valence-electron chi connectivity index (χ3n) is 13.5. The zero-order chi connectivity index (χ0) is 61.0. The lowest BCUT2D eigenvalue weighted by atomic mass is 10.2. The first-order chi connectivity index (χ1) is 39.8. The van der Waals surface area contributed by atoms with Gasteiger partial charge in [-0.05, 0) is 0 Å². The second-order valence-electron chi connectivity index (χ2n) is 20.3. The fourth-order valence-electron chi connectivity index (χ4n) is 9.20. The van der Waals surface area contributed by atoms with Crippen molar-refractivity contribution >= 4 is 35.9 Å². The van der Waals surface area contributed by atoms with Crippen LogP contribution in [0.1, 0.15) is 0 Å². The van der Waals surface area contributed by atoms with E-state index in [4.69, 9.17) is 38.6 Å². The SMILES string of the molecule is O=C(O)CN1CCN(CC(=O)O)CCN(CC(O)CN(CCOCCOCCOCCO)CCN(CCOCCOCCOCCO)CC(O)CN2CCN(CC(=O)O)CCN(C(=O)O)CCN(CC(=O)O)CC2)CCN(CC(=O)O)CC1. The van der Waals surface area contributed by atoms with Crippen LogP contribution in [-0.2, 0) is 52.4 Å². The number of aliphatic hydroxyl groups excluding tert-OH is 4. The van der Waals surface area contributed by atoms with Crippen molar-refractivity contribution in [3.05, 3.63) is 0 Å². The summed E-state index contributed by atoms with van der Waals surface area (Å²) in [6, 6.07) is 0. The van der Waals surface area contributed by atoms with Crippen LogP contribution >= 0.6 is 0 Å². The fraction of sp³-hybridized carbons (Fsp3) is 0.882. The molecular formula is C51H98N10O22. The molecule has 0 saturated carbocycles. The van der Waals surface area contributed by atoms with E-state index in [0.717, 1.165) is 4.90 Å². The highest BCUT2D eigenvalue weighted by Crippen LogP contribution is 2.08. The largest absolute Gasteiger partial charge is 0.480 e. The van der Waals surface area contributed by atoms with Gasteiger partial charge in [-0.2, -0.15) is 0 Å². The highest BCUT2D eigenvalue weighted by molar-refractivity contribution is 5.70. The number of aliphatic carboxylic acids is 5. The molecule has 32 nitrogen and oxygen atoms in total. The molecule has 484 valence electrons. The first kappa shape index (κ1) is 75.0. The predicted molar refractivity (Wildman–Crippen MR) is 297 cm³/mol. The van der Waals surface area contributed by atoms with E-state index in [2.05, 4.69) is 0 Å². The average Bonchev–Trinajstić information content (AvgIpc) is 3.42. The minimum absolute atomic E-state index is 0.00229. The quantitative estimate of drug-likeness (QED) is 0.0254. The Morgan fingerprint density at radius 1 is 0.325 bits per heavy atom. The minimum atomic E-state index is -1.21. The molecule has 83 heavy (non-hydrogen) atoms. The number of carbonyl (C=O) groups is 6. The average molecular weight is 1200 g/mol. The van der Waals surface area contributed by atoms with E-state index in [-0.39, 0.29) is 217 Å². The molecule has 2 unspecified atom stereocenters. The van der Waals surface area contributed by atoms with E-state index in [0.29, 0.717) is 65.7 Å². The molecule has 2 rings (SSSR count). The second kappa shape index (κ2) is 47.1. The summed E-state index contributed by atoms with van der Waals surface area (Å²) < 4.78 is 33.5. The van der Waals surface area contributed by atoms with Gasteiger partial charge in [-0.25, -0.2) is 4.79 Å². The number of carboxylic acids is 5. The Labute approximate surface area is 486 Å². The standard InChI is InChI=1S/C51H98N10O22/c62-21-25-80-29-33-82-31-27-78-23-19-59(37-44(64)35-52-1-5-54(39-46(66)67)9-11-56(41-48(70)71)12-10-55(6-2-52)40-47(68)69)13-14-60(20-24-79-28-32-83-34-30-81-26-22-63)38-45(65)36-53-3-7-57(42-49(72)73)15-17-61(51(76)77)18-16-58(8-4-53)43-50(74)75/h44-45,62-65H,1-43H2,(H,66,67)(H,68,69)(H,70,71)(H,72,73)(H,74,75)(H,76,77). The summed E-state index contributed by atoms with van der Waals surface area (Å²) in [5, 5.41) is 99.9. The van der Waals surface area contributed by atoms with Gasteiger partial charge in [-0.3, -0.25) is 68.1 Å². The van der Waals surface area contributed by atoms with Crippen LogP contribution in [0.2, 0.25) is 0 Å². The van der Waals surface area contributed by atoms with Crippen molar-refractivity contribution in [3.8, 4) is 0 Å². The number of ether oxygens (including phenoxy) is 6. The van der Waals surface area contributed by atoms with Crippen LogP contribution in [0.4, 0.5) is 4.79 Å². The predicted octanol–water partition coefficient (Wildman–Crippen LogP) is -6.06. The maximum Gasteiger partial charge on any atom is 0.407 e. The fourth-order valence-corrected chi connectivity index (χ4v) is 9.20. The monoisotopic (exact) mass is 1200 g/mol. The molecule has 0 aromatic rings. The maximum absolute atomic E-state index is 12.0. The van der Waals surface area contributed by atoms with Gasteiger partial charge in [0.05, 0.1) is 137 Å². The summed E-state index contributed by atoms with van der Waals surface area (Å²) in [6.07, 6.45) is -3.17. The Morgan fingerprint density at radius 2 is 0.554 bits per heavy atom. The molecule has 0 aromatic heterocycles. The van der Waals surface area contributed by atoms with Gasteiger partial charge in [-0.15, -0.1) is 0 Å². The topological polar surface area (TPSA) is 392 Å². The number of amides is 1. The van der Waals surface area contributed by atoms with Crippen molar-refractivity contribution in [1.29, 1.82) is 0 Å². The van der Waals surface area contributed by atoms with E-state index >= 15 is 0 Å². The lowest BCUT2D eigenvalue weighted by Gasteiger charge is -2.35. The molecule has 2 aliphatic heterocycles. The molecule has 32 heteroatoms. The summed E-state index contributed by atoms with van der Waals surface area (Å²) in [7, 11) is 0. The van der Waals surface area contributed by atoms with Crippen LogP contribution in [0.5, 0.6) is 0 Å². The summed E-state index contributed by atoms with van der Waals surface area (Å²) >= 11 is 0. The molecule has 0 bridgehead atoms. The molecular weight excluding hydrogens is 1100 g/mol. The second-order valence-corrected chi connectivity index (χ2v) is 20.3. The third-order valence-corrected chi connectivity index (χ3v) is 13.5. The Hall–Kier alpha value is -4.14. The van der Waals surface area contributed by atoms with Crippen molar-refractivity contribution in [3.63, 3.8) is 0 Å². The molecule has 0 aliphatic carbocycles. The molecule has 1 amide bonds. The van der Waals surface area contributed by atoms with Gasteiger partial charge < -0.3 is 84.4 Å². The molecule has 0 aromatic carbocycles. The van der Waals surface area contributed by atoms with Crippen LogP contribution in [0.3, 0.4) is 0 Å². The van der Waals surface area contributed by atoms with E-state index in [9.17, 15) is 69.6 Å². The highest BCUT2D eigenvalue weighted by Gasteiger charge is 2.26. The van der Waals surface area contributed by atoms with Gasteiger partial charge in [0.15, 0.2) is 0 Å². The van der Waals surface area contributed by atoms with Gasteiger partial charge in [0.2, 0.25) is 0 Å². The summed E-state index contributed by atoms with van der Waals surface area (Å²) in [4.78, 5) is 88.6. The van der Waals surface area contributed by atoms with Crippen molar-refractivity contribution in [1.82, 2.24) is 49.0 Å². The molecule has 2 fully saturated rings. The van der Waals surface area contributed by atoms with Gasteiger partial charge in [0.1, 0.15) is 0 Å². The maximum atomic E-state index is 12.0. The van der Waals surface area contributed by atoms with Crippen molar-refractivity contribution in [2.75, 3.05) is 282 Å². The highest BCUT2D eigenvalue weighted by atomic mass is 16.6. The third kappa shape index (κ3) is 40.7. The summed E-state index contributed by atoms with van der Waals surface area (Å²) in [5.41, 5.74) is 0. The molecule has 2 saturated heterocycles. The van der Waals surface area contributed by atoms with Crippen molar-refractivity contribution in [2.45, 2.75) is 12.2 Å². The Bertz CT molecular complexity index is 1690. The number of aliphatic hydroxyl groups is 4. The van der Waals surface area contributed by atoms with Crippen LogP contribution in [0.15, 0.2) is 0 Å². The van der Waals surface area contributed by atoms with Gasteiger partial charge in [0, 0.05) is 157 Å². The Kier molecular flexibility index (Phi) is 42.5. The van der Waals surface area contributed by atoms with E-state index < -0.39 is 48.1 Å². The number of hydrogen-bond acceptors (Lipinski definition) is 25. The van der Waals surface area contributed by atoms with E-state index in [1.54, 1.807) is 24.5 Å². The van der Waals surface area contributed by atoms with Gasteiger partial charge >= 0.3 is 35.9 Å². The number of hydrogen-bond donors (Lipinski definition) is 10.